The van der Waals surface area contributed by atoms with Gasteiger partial charge < -0.3 is 9.64 Å². The zero-order chi connectivity index (χ0) is 23.8. The largest absolute Gasteiger partial charge is 0.496 e. The number of fused-ring (bicyclic) bond motifs is 2. The molecule has 8 heteroatoms. The molecule has 0 spiro atoms. The summed E-state index contributed by atoms with van der Waals surface area (Å²) in [7, 11) is 0. The van der Waals surface area contributed by atoms with Gasteiger partial charge in [0.1, 0.15) is 11.5 Å². The molecule has 0 saturated carbocycles. The third-order valence-electron chi connectivity index (χ3n) is 7.40. The summed E-state index contributed by atoms with van der Waals surface area (Å²) in [5, 5.41) is 0. The Bertz CT molecular complexity index is 1020. The van der Waals surface area contributed by atoms with Crippen LogP contribution in [0, 0.1) is 0 Å². The molecule has 1 aromatic heterocycles. The first kappa shape index (κ1) is 23.2. The van der Waals surface area contributed by atoms with Crippen LogP contribution in [0.1, 0.15) is 37.4 Å². The van der Waals surface area contributed by atoms with Crippen molar-refractivity contribution in [3.63, 3.8) is 0 Å². The average molecular weight is 473 g/mol. The number of halogens is 3. The van der Waals surface area contributed by atoms with Gasteiger partial charge in [0.05, 0.1) is 12.3 Å². The van der Waals surface area contributed by atoms with Gasteiger partial charge in [0.15, 0.2) is 0 Å². The fourth-order valence-corrected chi connectivity index (χ4v) is 5.60. The Morgan fingerprint density at radius 1 is 1.03 bits per heavy atom. The quantitative estimate of drug-likeness (QED) is 0.618. The predicted octanol–water partition coefficient (Wildman–Crippen LogP) is 4.91. The molecule has 2 saturated heterocycles. The molecule has 1 aromatic carbocycles. The van der Waals surface area contributed by atoms with Crippen molar-refractivity contribution >= 4 is 5.69 Å². The number of piperazine rings is 1. The van der Waals surface area contributed by atoms with Gasteiger partial charge in [0.25, 0.3) is 0 Å². The molecule has 2 aromatic rings. The van der Waals surface area contributed by atoms with Gasteiger partial charge in [-0.2, -0.15) is 13.2 Å². The van der Waals surface area contributed by atoms with Crippen molar-refractivity contribution in [2.75, 3.05) is 44.2 Å². The van der Waals surface area contributed by atoms with E-state index in [4.69, 9.17) is 4.74 Å². The number of alkyl halides is 3. The van der Waals surface area contributed by atoms with Crippen molar-refractivity contribution < 1.29 is 17.9 Å². The maximum absolute atomic E-state index is 12.8. The number of anilines is 1. The number of ether oxygens (including phenoxy) is 1. The number of rotatable bonds is 5. The minimum absolute atomic E-state index is 0.0457. The first-order valence-corrected chi connectivity index (χ1v) is 12.0. The zero-order valence-electron chi connectivity index (χ0n) is 19.5. The van der Waals surface area contributed by atoms with E-state index >= 15 is 0 Å². The van der Waals surface area contributed by atoms with Crippen LogP contribution in [0.25, 0.3) is 0 Å². The third-order valence-corrected chi connectivity index (χ3v) is 7.40. The van der Waals surface area contributed by atoms with E-state index in [0.29, 0.717) is 6.54 Å². The van der Waals surface area contributed by atoms with E-state index in [-0.39, 0.29) is 5.54 Å². The molecule has 0 amide bonds. The molecule has 0 aliphatic carbocycles. The van der Waals surface area contributed by atoms with Crippen molar-refractivity contribution in [1.82, 2.24) is 14.8 Å². The summed E-state index contributed by atoms with van der Waals surface area (Å²) < 4.78 is 44.5. The molecule has 182 valence electrons. The minimum atomic E-state index is -4.40. The Hall–Kier alpha value is -2.58. The number of aromatic nitrogens is 1. The van der Waals surface area contributed by atoms with Crippen LogP contribution in [0.2, 0.25) is 0 Å². The monoisotopic (exact) mass is 472 g/mol. The fourth-order valence-electron chi connectivity index (χ4n) is 5.60. The molecule has 5 nitrogen and oxygen atoms in total. The van der Waals surface area contributed by atoms with Gasteiger partial charge in [-0.3, -0.25) is 14.8 Å². The highest BCUT2D eigenvalue weighted by Gasteiger charge is 2.47. The van der Waals surface area contributed by atoms with E-state index < -0.39 is 11.9 Å². The first-order valence-electron chi connectivity index (χ1n) is 12.0. The van der Waals surface area contributed by atoms with Crippen molar-refractivity contribution in [3.05, 3.63) is 71.4 Å². The summed E-state index contributed by atoms with van der Waals surface area (Å²) in [4.78, 5) is 11.0. The van der Waals surface area contributed by atoms with Crippen LogP contribution in [0.15, 0.2) is 60.1 Å². The summed E-state index contributed by atoms with van der Waals surface area (Å²) in [5.74, 6) is 1.13. The standard InChI is InChI=1S/C26H31F3N4O/c1-2-22-23-16-25(10-15-34-23,19-33(22)21-6-4-3-5-7-21)32-13-11-31(12-14-32)18-20-8-9-24(30-17-20)26(27,28)29/h3-9,17H,2,10-16,18-19H2,1H3. The van der Waals surface area contributed by atoms with Crippen molar-refractivity contribution in [2.24, 2.45) is 0 Å². The topological polar surface area (TPSA) is 31.8 Å². The maximum Gasteiger partial charge on any atom is 0.433 e. The number of allylic oxidation sites excluding steroid dienone is 1. The Morgan fingerprint density at radius 3 is 2.44 bits per heavy atom. The smallest absolute Gasteiger partial charge is 0.433 e. The van der Waals surface area contributed by atoms with Crippen LogP contribution in [0.3, 0.4) is 0 Å². The van der Waals surface area contributed by atoms with Crippen LogP contribution in [-0.2, 0) is 17.5 Å². The van der Waals surface area contributed by atoms with Gasteiger partial charge >= 0.3 is 6.18 Å². The SMILES string of the molecule is CCC1=C2CC(N3CCN(Cc4ccc(C(F)(F)F)nc4)CC3)(CCO2)CN1c1ccccc1. The fraction of sp³-hybridized carbons (Fsp3) is 0.500. The lowest BCUT2D eigenvalue weighted by atomic mass is 9.81. The summed E-state index contributed by atoms with van der Waals surface area (Å²) in [6.07, 6.45) is -0.155. The Morgan fingerprint density at radius 2 is 1.79 bits per heavy atom. The number of benzene rings is 1. The number of nitrogens with zero attached hydrogens (tertiary/aromatic N) is 4. The second kappa shape index (κ2) is 9.23. The van der Waals surface area contributed by atoms with Gasteiger partial charge in [-0.1, -0.05) is 31.2 Å². The molecule has 0 N–H and O–H groups in total. The molecule has 1 atom stereocenters. The van der Waals surface area contributed by atoms with Gasteiger partial charge in [-0.05, 0) is 30.2 Å². The normalized spacial score (nSPS) is 24.3. The van der Waals surface area contributed by atoms with E-state index in [2.05, 4.69) is 50.9 Å². The van der Waals surface area contributed by atoms with Crippen LogP contribution < -0.4 is 4.90 Å². The van der Waals surface area contributed by atoms with Crippen molar-refractivity contribution in [3.8, 4) is 0 Å². The molecular formula is C26H31F3N4O. The Kier molecular flexibility index (Phi) is 6.29. The Balaban J connectivity index is 1.27. The maximum atomic E-state index is 12.8. The number of pyridine rings is 1. The molecule has 0 radical (unpaired) electrons. The molecule has 4 heterocycles. The summed E-state index contributed by atoms with van der Waals surface area (Å²) in [5.41, 5.74) is 2.52. The second-order valence-electron chi connectivity index (χ2n) is 9.46. The molecule has 2 fully saturated rings. The van der Waals surface area contributed by atoms with Gasteiger partial charge in [-0.15, -0.1) is 0 Å². The van der Waals surface area contributed by atoms with Crippen molar-refractivity contribution in [1.29, 1.82) is 0 Å². The van der Waals surface area contributed by atoms with Crippen LogP contribution >= 0.6 is 0 Å². The van der Waals surface area contributed by atoms with E-state index in [1.807, 2.05) is 6.07 Å². The summed E-state index contributed by atoms with van der Waals surface area (Å²) >= 11 is 0. The summed E-state index contributed by atoms with van der Waals surface area (Å²) in [6, 6.07) is 13.2. The Labute approximate surface area is 198 Å². The van der Waals surface area contributed by atoms with E-state index in [1.165, 1.54) is 17.6 Å². The molecule has 5 rings (SSSR count). The number of hydrogen-bond donors (Lipinski definition) is 0. The van der Waals surface area contributed by atoms with Gasteiger partial charge in [0, 0.05) is 69.5 Å². The van der Waals surface area contributed by atoms with Crippen molar-refractivity contribution in [2.45, 2.75) is 44.4 Å². The third kappa shape index (κ3) is 4.53. The highest BCUT2D eigenvalue weighted by atomic mass is 19.4. The minimum Gasteiger partial charge on any atom is -0.496 e. The van der Waals surface area contributed by atoms with Crippen LogP contribution in [0.5, 0.6) is 0 Å². The highest BCUT2D eigenvalue weighted by Crippen LogP contribution is 2.43. The molecule has 1 unspecified atom stereocenters. The zero-order valence-corrected chi connectivity index (χ0v) is 19.5. The number of hydrogen-bond acceptors (Lipinski definition) is 5. The molecule has 3 aliphatic rings. The van der Waals surface area contributed by atoms with Crippen LogP contribution in [-0.4, -0.2) is 59.7 Å². The van der Waals surface area contributed by atoms with E-state index in [0.717, 1.165) is 76.0 Å². The second-order valence-corrected chi connectivity index (χ2v) is 9.46. The first-order chi connectivity index (χ1) is 16.4. The van der Waals surface area contributed by atoms with E-state index in [1.54, 1.807) is 6.07 Å². The summed E-state index contributed by atoms with van der Waals surface area (Å²) in [6.45, 7) is 8.16. The highest BCUT2D eigenvalue weighted by molar-refractivity contribution is 5.55. The lowest BCUT2D eigenvalue weighted by Crippen LogP contribution is -2.64. The van der Waals surface area contributed by atoms with Gasteiger partial charge in [0.2, 0.25) is 0 Å². The lowest BCUT2D eigenvalue weighted by molar-refractivity contribution is -0.141. The molecule has 34 heavy (non-hydrogen) atoms. The van der Waals surface area contributed by atoms with Crippen LogP contribution in [0.4, 0.5) is 18.9 Å². The average Bonchev–Trinajstić information content (AvgIpc) is 2.85. The van der Waals surface area contributed by atoms with E-state index in [9.17, 15) is 13.2 Å². The number of para-hydroxylation sites is 1. The molecular weight excluding hydrogens is 441 g/mol. The molecule has 2 bridgehead atoms. The van der Waals surface area contributed by atoms with Gasteiger partial charge in [-0.25, -0.2) is 0 Å². The predicted molar refractivity (Wildman–Crippen MR) is 125 cm³/mol. The molecule has 3 aliphatic heterocycles. The lowest BCUT2D eigenvalue weighted by Gasteiger charge is -2.55.